The first-order valence-electron chi connectivity index (χ1n) is 4.16. The number of carbonyl (C=O) groups is 2. The summed E-state index contributed by atoms with van der Waals surface area (Å²) in [5.41, 5.74) is 0. The predicted octanol–water partition coefficient (Wildman–Crippen LogP) is 2.43. The molecule has 1 aromatic rings. The number of rotatable bonds is 5. The van der Waals surface area contributed by atoms with Crippen LogP contribution in [0.25, 0.3) is 0 Å². The molecular weight excluding hydrogens is 240 g/mol. The molecule has 0 aliphatic carbocycles. The first kappa shape index (κ1) is 12.0. The van der Waals surface area contributed by atoms with Gasteiger partial charge in [-0.1, -0.05) is 11.6 Å². The highest BCUT2D eigenvalue weighted by Gasteiger charge is 2.20. The van der Waals surface area contributed by atoms with Gasteiger partial charge in [0, 0.05) is 16.2 Å². The molecule has 82 valence electrons. The Kier molecular flexibility index (Phi) is 4.11. The highest BCUT2D eigenvalue weighted by molar-refractivity contribution is 7.10. The SMILES string of the molecule is O=C(O)CC(CC(=O)O)c1cc(Cl)cs1. The zero-order valence-electron chi connectivity index (χ0n) is 7.64. The fourth-order valence-electron chi connectivity index (χ4n) is 1.24. The van der Waals surface area contributed by atoms with Gasteiger partial charge in [0.05, 0.1) is 17.9 Å². The minimum absolute atomic E-state index is 0.191. The number of halogens is 1. The van der Waals surface area contributed by atoms with E-state index in [0.717, 1.165) is 0 Å². The zero-order valence-corrected chi connectivity index (χ0v) is 9.22. The fourth-order valence-corrected chi connectivity index (χ4v) is 2.42. The Morgan fingerprint density at radius 2 is 1.87 bits per heavy atom. The molecule has 1 rings (SSSR count). The largest absolute Gasteiger partial charge is 0.481 e. The molecule has 0 radical (unpaired) electrons. The lowest BCUT2D eigenvalue weighted by Gasteiger charge is -2.09. The van der Waals surface area contributed by atoms with Gasteiger partial charge >= 0.3 is 11.9 Å². The number of hydrogen-bond acceptors (Lipinski definition) is 3. The molecule has 0 atom stereocenters. The van der Waals surface area contributed by atoms with Crippen molar-refractivity contribution in [1.29, 1.82) is 0 Å². The molecule has 0 aliphatic heterocycles. The standard InChI is InChI=1S/C9H9ClO4S/c10-6-3-7(15-4-6)5(1-8(11)12)2-9(13)14/h3-5H,1-2H2,(H,11,12)(H,13,14). The van der Waals surface area contributed by atoms with Gasteiger partial charge in [-0.3, -0.25) is 9.59 Å². The van der Waals surface area contributed by atoms with E-state index in [0.29, 0.717) is 9.90 Å². The molecule has 15 heavy (non-hydrogen) atoms. The smallest absolute Gasteiger partial charge is 0.304 e. The van der Waals surface area contributed by atoms with Gasteiger partial charge in [-0.2, -0.15) is 0 Å². The third kappa shape index (κ3) is 3.89. The fraction of sp³-hybridized carbons (Fsp3) is 0.333. The van der Waals surface area contributed by atoms with E-state index in [1.165, 1.54) is 11.3 Å². The topological polar surface area (TPSA) is 74.6 Å². The van der Waals surface area contributed by atoms with Crippen molar-refractivity contribution in [3.05, 3.63) is 21.3 Å². The van der Waals surface area contributed by atoms with Gasteiger partial charge in [-0.15, -0.1) is 11.3 Å². The van der Waals surface area contributed by atoms with Gasteiger partial charge in [0.1, 0.15) is 0 Å². The average Bonchev–Trinajstić information content (AvgIpc) is 2.48. The Balaban J connectivity index is 2.80. The van der Waals surface area contributed by atoms with Crippen LogP contribution in [0.5, 0.6) is 0 Å². The van der Waals surface area contributed by atoms with E-state index in [2.05, 4.69) is 0 Å². The van der Waals surface area contributed by atoms with Gasteiger partial charge in [0.25, 0.3) is 0 Å². The van der Waals surface area contributed by atoms with Crippen molar-refractivity contribution in [2.24, 2.45) is 0 Å². The molecule has 0 unspecified atom stereocenters. The van der Waals surface area contributed by atoms with E-state index >= 15 is 0 Å². The minimum Gasteiger partial charge on any atom is -0.481 e. The maximum Gasteiger partial charge on any atom is 0.304 e. The molecule has 0 fully saturated rings. The van der Waals surface area contributed by atoms with E-state index in [1.807, 2.05) is 0 Å². The second-order valence-electron chi connectivity index (χ2n) is 3.06. The third-order valence-corrected chi connectivity index (χ3v) is 3.27. The number of aliphatic carboxylic acids is 2. The first-order valence-corrected chi connectivity index (χ1v) is 5.42. The predicted molar refractivity (Wildman–Crippen MR) is 56.6 cm³/mol. The Hall–Kier alpha value is -1.07. The summed E-state index contributed by atoms with van der Waals surface area (Å²) >= 11 is 6.98. The molecule has 0 saturated heterocycles. The van der Waals surface area contributed by atoms with E-state index < -0.39 is 17.9 Å². The molecule has 2 N–H and O–H groups in total. The highest BCUT2D eigenvalue weighted by Crippen LogP contribution is 2.31. The quantitative estimate of drug-likeness (QED) is 0.839. The summed E-state index contributed by atoms with van der Waals surface area (Å²) in [5, 5.41) is 19.5. The van der Waals surface area contributed by atoms with Crippen molar-refractivity contribution in [1.82, 2.24) is 0 Å². The second kappa shape index (κ2) is 5.14. The maximum absolute atomic E-state index is 10.6. The van der Waals surface area contributed by atoms with Gasteiger partial charge in [0.15, 0.2) is 0 Å². The number of carboxylic acid groups (broad SMARTS) is 2. The summed E-state index contributed by atoms with van der Waals surface area (Å²) in [6, 6.07) is 1.61. The minimum atomic E-state index is -1.01. The van der Waals surface area contributed by atoms with E-state index in [4.69, 9.17) is 21.8 Å². The molecule has 0 bridgehead atoms. The molecule has 0 aliphatic rings. The van der Waals surface area contributed by atoms with Gasteiger partial charge in [-0.25, -0.2) is 0 Å². The summed E-state index contributed by atoms with van der Waals surface area (Å²) < 4.78 is 0. The Morgan fingerprint density at radius 1 is 1.33 bits per heavy atom. The van der Waals surface area contributed by atoms with Crippen molar-refractivity contribution < 1.29 is 19.8 Å². The summed E-state index contributed by atoms with van der Waals surface area (Å²) in [4.78, 5) is 21.8. The van der Waals surface area contributed by atoms with Crippen LogP contribution in [-0.2, 0) is 9.59 Å². The van der Waals surface area contributed by atoms with Crippen LogP contribution in [-0.4, -0.2) is 22.2 Å². The van der Waals surface area contributed by atoms with Crippen LogP contribution in [0.3, 0.4) is 0 Å². The molecule has 0 amide bonds. The normalized spacial score (nSPS) is 10.5. The van der Waals surface area contributed by atoms with Crippen molar-refractivity contribution in [3.8, 4) is 0 Å². The highest BCUT2D eigenvalue weighted by atomic mass is 35.5. The Labute approximate surface area is 95.1 Å². The van der Waals surface area contributed by atoms with E-state index in [-0.39, 0.29) is 12.8 Å². The van der Waals surface area contributed by atoms with Crippen LogP contribution in [0.2, 0.25) is 5.02 Å². The molecule has 0 spiro atoms. The lowest BCUT2D eigenvalue weighted by molar-refractivity contribution is -0.139. The van der Waals surface area contributed by atoms with Crippen molar-refractivity contribution in [2.45, 2.75) is 18.8 Å². The van der Waals surface area contributed by atoms with Crippen LogP contribution in [0.15, 0.2) is 11.4 Å². The summed E-state index contributed by atoms with van der Waals surface area (Å²) in [6.45, 7) is 0. The van der Waals surface area contributed by atoms with Gasteiger partial charge in [0.2, 0.25) is 0 Å². The molecule has 1 aromatic heterocycles. The van der Waals surface area contributed by atoms with Gasteiger partial charge in [-0.05, 0) is 6.07 Å². The lowest BCUT2D eigenvalue weighted by atomic mass is 10.00. The van der Waals surface area contributed by atoms with Crippen molar-refractivity contribution in [2.75, 3.05) is 0 Å². The van der Waals surface area contributed by atoms with Gasteiger partial charge < -0.3 is 10.2 Å². The maximum atomic E-state index is 10.6. The van der Waals surface area contributed by atoms with Crippen LogP contribution in [0.1, 0.15) is 23.6 Å². The molecular formula is C9H9ClO4S. The third-order valence-electron chi connectivity index (χ3n) is 1.83. The number of thiophene rings is 1. The van der Waals surface area contributed by atoms with Crippen molar-refractivity contribution >= 4 is 34.9 Å². The van der Waals surface area contributed by atoms with Crippen LogP contribution in [0.4, 0.5) is 0 Å². The van der Waals surface area contributed by atoms with Crippen LogP contribution < -0.4 is 0 Å². The summed E-state index contributed by atoms with van der Waals surface area (Å²) in [5.74, 6) is -2.52. The molecule has 4 nitrogen and oxygen atoms in total. The number of hydrogen-bond donors (Lipinski definition) is 2. The molecule has 6 heteroatoms. The summed E-state index contributed by atoms with van der Waals surface area (Å²) in [7, 11) is 0. The lowest BCUT2D eigenvalue weighted by Crippen LogP contribution is -2.09. The molecule has 1 heterocycles. The molecule has 0 saturated carbocycles. The number of carboxylic acids is 2. The Morgan fingerprint density at radius 3 is 2.20 bits per heavy atom. The van der Waals surface area contributed by atoms with E-state index in [1.54, 1.807) is 11.4 Å². The molecule has 0 aromatic carbocycles. The van der Waals surface area contributed by atoms with Crippen LogP contribution in [0, 0.1) is 0 Å². The van der Waals surface area contributed by atoms with E-state index in [9.17, 15) is 9.59 Å². The average molecular weight is 249 g/mol. The summed E-state index contributed by atoms with van der Waals surface area (Å²) in [6.07, 6.45) is -0.383. The zero-order chi connectivity index (χ0) is 11.4. The first-order chi connectivity index (χ1) is 6.99. The monoisotopic (exact) mass is 248 g/mol. The van der Waals surface area contributed by atoms with Crippen molar-refractivity contribution in [3.63, 3.8) is 0 Å². The van der Waals surface area contributed by atoms with Crippen LogP contribution >= 0.6 is 22.9 Å². The second-order valence-corrected chi connectivity index (χ2v) is 4.44. The Bertz CT molecular complexity index is 358.